The maximum Gasteiger partial charge on any atom is 0.341 e. The monoisotopic (exact) mass is 1200 g/mol. The molecule has 0 saturated carbocycles. The summed E-state index contributed by atoms with van der Waals surface area (Å²) in [6, 6.07) is 38.6. The number of carbonyl (C=O) groups excluding carboxylic acids is 6. The van der Waals surface area contributed by atoms with Crippen LogP contribution in [0.15, 0.2) is 158 Å². The molecule has 0 saturated heterocycles. The summed E-state index contributed by atoms with van der Waals surface area (Å²) in [4.78, 5) is 71.3. The number of ketones is 4. The second kappa shape index (κ2) is 32.0. The van der Waals surface area contributed by atoms with E-state index in [0.717, 1.165) is 29.8 Å². The number of phenolic OH excluding ortho intramolecular Hbond substituents is 8. The van der Waals surface area contributed by atoms with Crippen LogP contribution in [-0.4, -0.2) is 124 Å². The lowest BCUT2D eigenvalue weighted by Crippen LogP contribution is -2.14. The summed E-state index contributed by atoms with van der Waals surface area (Å²) in [5, 5.41) is 76.7. The number of aryl methyl sites for hydroxylation is 4. The molecule has 21 heteroatoms. The zero-order valence-corrected chi connectivity index (χ0v) is 48.9. The Morgan fingerprint density at radius 1 is 0.330 bits per heavy atom. The normalized spacial score (nSPS) is 10.2. The Labute approximate surface area is 505 Å². The van der Waals surface area contributed by atoms with Crippen molar-refractivity contribution >= 4 is 40.8 Å². The summed E-state index contributed by atoms with van der Waals surface area (Å²) in [6.45, 7) is 9.24. The van der Waals surface area contributed by atoms with E-state index >= 15 is 0 Å². The molecule has 8 rings (SSSR count). The summed E-state index contributed by atoms with van der Waals surface area (Å²) >= 11 is 0. The van der Waals surface area contributed by atoms with Crippen LogP contribution in [0.4, 0.5) is 0 Å². The van der Waals surface area contributed by atoms with Gasteiger partial charge in [0.1, 0.15) is 80.3 Å². The second-order valence-electron chi connectivity index (χ2n) is 18.9. The molecule has 0 aliphatic heterocycles. The van der Waals surface area contributed by atoms with Crippen LogP contribution in [0, 0.1) is 27.7 Å². The lowest BCUT2D eigenvalue weighted by Gasteiger charge is -2.11. The summed E-state index contributed by atoms with van der Waals surface area (Å²) in [5.74, 6) is -1.93. The molecular weight excluding hydrogens is 1140 g/mol. The number of Topliss-reactive ketones (excluding diaryl/α,β-unsaturated/α-hetero) is 4. The Balaban J connectivity index is 0.000000214. The minimum absolute atomic E-state index is 0.0378. The van der Waals surface area contributed by atoms with Crippen LogP contribution >= 0.6 is 0 Å². The Hall–Kier alpha value is -11.5. The highest BCUT2D eigenvalue weighted by molar-refractivity contribution is 6.02. The third-order valence-electron chi connectivity index (χ3n) is 12.6. The number of benzene rings is 8. The summed E-state index contributed by atoms with van der Waals surface area (Å²) in [6.07, 6.45) is 0. The van der Waals surface area contributed by atoms with Gasteiger partial charge in [0.25, 0.3) is 0 Å². The van der Waals surface area contributed by atoms with E-state index in [2.05, 4.69) is 16.1 Å². The molecule has 0 spiro atoms. The molecule has 0 atom stereocenters. The van der Waals surface area contributed by atoms with E-state index in [1.165, 1.54) is 63.8 Å². The maximum atomic E-state index is 12.2. The van der Waals surface area contributed by atoms with Gasteiger partial charge in [0.15, 0.2) is 26.4 Å². The molecular formula is C67H64O21. The molecule has 0 fully saturated rings. The van der Waals surface area contributed by atoms with Crippen molar-refractivity contribution in [1.82, 2.24) is 0 Å². The lowest BCUT2D eigenvalue weighted by molar-refractivity contribution is 0.0588. The Morgan fingerprint density at radius 3 is 1.08 bits per heavy atom. The van der Waals surface area contributed by atoms with Gasteiger partial charge in [-0.1, -0.05) is 49.0 Å². The number of para-hydroxylation sites is 2. The topological polar surface area (TPSA) is 329 Å². The van der Waals surface area contributed by atoms with E-state index in [4.69, 9.17) is 23.7 Å². The number of hydrogen-bond donors (Lipinski definition) is 8. The maximum absolute atomic E-state index is 12.2. The summed E-state index contributed by atoms with van der Waals surface area (Å²) < 4.78 is 35.8. The van der Waals surface area contributed by atoms with Crippen LogP contribution in [0.1, 0.15) is 90.0 Å². The van der Waals surface area contributed by atoms with Crippen molar-refractivity contribution in [2.24, 2.45) is 0 Å². The van der Waals surface area contributed by atoms with Gasteiger partial charge in [-0.25, -0.2) is 9.59 Å². The van der Waals surface area contributed by atoms with Crippen molar-refractivity contribution in [3.63, 3.8) is 0 Å². The minimum atomic E-state index is -0.573. The average Bonchev–Trinajstić information content (AvgIpc) is 3.67. The highest BCUT2D eigenvalue weighted by Gasteiger charge is 2.20. The number of ether oxygens (including phenoxy) is 7. The number of esters is 2. The Bertz CT molecular complexity index is 3810. The third kappa shape index (κ3) is 19.0. The molecule has 0 aliphatic rings. The number of methoxy groups -OCH3 is 3. The molecule has 0 unspecified atom stereocenters. The quantitative estimate of drug-likeness (QED) is 0.0200. The van der Waals surface area contributed by atoms with E-state index in [1.54, 1.807) is 88.4 Å². The fraction of sp³-hybridized carbons (Fsp3) is 0.164. The van der Waals surface area contributed by atoms with Crippen LogP contribution in [0.5, 0.6) is 69.0 Å². The van der Waals surface area contributed by atoms with Gasteiger partial charge in [0.05, 0.1) is 49.1 Å². The van der Waals surface area contributed by atoms with Crippen LogP contribution in [0.2, 0.25) is 0 Å². The first-order chi connectivity index (χ1) is 41.8. The van der Waals surface area contributed by atoms with Crippen molar-refractivity contribution in [1.29, 1.82) is 0 Å². The van der Waals surface area contributed by atoms with Gasteiger partial charge >= 0.3 is 11.9 Å². The summed E-state index contributed by atoms with van der Waals surface area (Å²) in [7, 11) is 4.06. The van der Waals surface area contributed by atoms with Gasteiger partial charge in [-0.15, -0.1) is 0 Å². The lowest BCUT2D eigenvalue weighted by atomic mass is 10.1. The standard InChI is InChI=1S/C18H18O5.2C17H16O6.C15H14O4/c1-11-7-15(17(20)9-16(11)19)18(21)10-23-14-6-4-5-13(8-14)12(2)22-3;1-10-7-13(15(19)8-14(10)18)16(20)9-23-12-5-3-11(4-6-12)17(21)22-2;1-10-7-12(14(19)8-13(10)18)15(20)9-23-16-6-4-3-5-11(16)17(21)22-2;1-10-7-12(14(17)8-13(10)16)15(18)9-19-11-5-3-2-4-6-11/h4-9,19-20H,2,10H2,1,3H3;2*3-8,18-19H,9H2,1-2H3;2-8,16-17H,9H2,1H3. The zero-order valence-electron chi connectivity index (χ0n) is 48.9. The number of aromatic hydroxyl groups is 8. The molecule has 21 nitrogen and oxygen atoms in total. The second-order valence-corrected chi connectivity index (χ2v) is 18.9. The van der Waals surface area contributed by atoms with E-state index < -0.39 is 23.5 Å². The first-order valence-corrected chi connectivity index (χ1v) is 26.3. The molecule has 0 amide bonds. The zero-order chi connectivity index (χ0) is 64.8. The molecule has 0 heterocycles. The van der Waals surface area contributed by atoms with Crippen LogP contribution in [0.3, 0.4) is 0 Å². The fourth-order valence-electron chi connectivity index (χ4n) is 7.61. The molecule has 8 N–H and O–H groups in total. The largest absolute Gasteiger partial charge is 0.508 e. The molecule has 0 aromatic heterocycles. The van der Waals surface area contributed by atoms with E-state index in [9.17, 15) is 69.6 Å². The van der Waals surface area contributed by atoms with Gasteiger partial charge in [-0.3, -0.25) is 19.2 Å². The van der Waals surface area contributed by atoms with Crippen LogP contribution in [0.25, 0.3) is 5.76 Å². The summed E-state index contributed by atoms with van der Waals surface area (Å²) in [5.41, 5.74) is 3.67. The number of phenols is 8. The van der Waals surface area contributed by atoms with E-state index in [1.807, 2.05) is 24.3 Å². The van der Waals surface area contributed by atoms with Gasteiger partial charge in [0, 0.05) is 29.8 Å². The minimum Gasteiger partial charge on any atom is -0.508 e. The Morgan fingerprint density at radius 2 is 0.682 bits per heavy atom. The predicted octanol–water partition coefficient (Wildman–Crippen LogP) is 10.9. The van der Waals surface area contributed by atoms with Crippen molar-refractivity contribution in [3.8, 4) is 69.0 Å². The van der Waals surface area contributed by atoms with E-state index in [0.29, 0.717) is 50.8 Å². The molecule has 458 valence electrons. The van der Waals surface area contributed by atoms with Crippen molar-refractivity contribution in [2.75, 3.05) is 47.8 Å². The van der Waals surface area contributed by atoms with Gasteiger partial charge in [0.2, 0.25) is 23.1 Å². The number of hydrogen-bond acceptors (Lipinski definition) is 21. The van der Waals surface area contributed by atoms with Crippen molar-refractivity contribution in [3.05, 3.63) is 219 Å². The van der Waals surface area contributed by atoms with Crippen molar-refractivity contribution < 1.29 is 103 Å². The molecule has 0 aliphatic carbocycles. The molecule has 0 bridgehead atoms. The highest BCUT2D eigenvalue weighted by atomic mass is 16.5. The average molecular weight is 1210 g/mol. The number of rotatable bonds is 20. The molecule has 8 aromatic carbocycles. The number of carbonyl (C=O) groups is 6. The van der Waals surface area contributed by atoms with Crippen molar-refractivity contribution in [2.45, 2.75) is 27.7 Å². The first-order valence-electron chi connectivity index (χ1n) is 26.3. The predicted molar refractivity (Wildman–Crippen MR) is 322 cm³/mol. The van der Waals surface area contributed by atoms with Crippen LogP contribution in [-0.2, 0) is 14.2 Å². The SMILES string of the molecule is C=C(OC)c1cccc(OCC(=O)c2cc(C)c(O)cc2O)c1.COC(=O)c1ccc(OCC(=O)c2cc(C)c(O)cc2O)cc1.COC(=O)c1ccccc1OCC(=O)c1cc(C)c(O)cc1O.Cc1cc(C(=O)COc2ccccc2)c(O)cc1O. The Kier molecular flexibility index (Phi) is 24.5. The fourth-order valence-corrected chi connectivity index (χ4v) is 7.61. The van der Waals surface area contributed by atoms with E-state index in [-0.39, 0.29) is 118 Å². The highest BCUT2D eigenvalue weighted by Crippen LogP contribution is 2.32. The first kappa shape index (κ1) is 67.3. The molecule has 88 heavy (non-hydrogen) atoms. The molecule has 8 aromatic rings. The van der Waals surface area contributed by atoms with Gasteiger partial charge < -0.3 is 74.0 Å². The van der Waals surface area contributed by atoms with Gasteiger partial charge in [-0.05, 0) is 135 Å². The molecule has 0 radical (unpaired) electrons. The third-order valence-corrected chi connectivity index (χ3v) is 12.6. The smallest absolute Gasteiger partial charge is 0.341 e. The van der Waals surface area contributed by atoms with Crippen LogP contribution < -0.4 is 18.9 Å². The van der Waals surface area contributed by atoms with Gasteiger partial charge in [-0.2, -0.15) is 0 Å².